The van der Waals surface area contributed by atoms with Gasteiger partial charge in [0, 0.05) is 19.0 Å². The largest absolute Gasteiger partial charge is 0.218 e. The molecule has 1 aromatic rings. The summed E-state index contributed by atoms with van der Waals surface area (Å²) in [5, 5.41) is 8.83. The van der Waals surface area contributed by atoms with E-state index in [1.807, 2.05) is 31.2 Å². The molecule has 4 nitrogen and oxygen atoms in total. The van der Waals surface area contributed by atoms with Gasteiger partial charge in [-0.1, -0.05) is 24.3 Å². The lowest BCUT2D eigenvalue weighted by Gasteiger charge is -2.28. The van der Waals surface area contributed by atoms with Crippen LogP contribution in [0.1, 0.15) is 24.0 Å². The number of hydrogen-bond acceptors (Lipinski definition) is 3. The molecule has 0 spiro atoms. The van der Waals surface area contributed by atoms with Gasteiger partial charge in [-0.05, 0) is 30.9 Å². The van der Waals surface area contributed by atoms with Gasteiger partial charge >= 0.3 is 0 Å². The fraction of sp³-hybridized carbons (Fsp3) is 0.500. The number of nitriles is 1. The van der Waals surface area contributed by atoms with Crippen molar-refractivity contribution in [2.45, 2.75) is 25.5 Å². The fourth-order valence-electron chi connectivity index (χ4n) is 2.32. The van der Waals surface area contributed by atoms with E-state index in [1.54, 1.807) is 0 Å². The molecule has 0 saturated carbocycles. The van der Waals surface area contributed by atoms with E-state index >= 15 is 0 Å². The molecule has 1 saturated heterocycles. The molecule has 0 N–H and O–H groups in total. The summed E-state index contributed by atoms with van der Waals surface area (Å²) in [5.74, 6) is 0.0570. The molecule has 5 heteroatoms. The van der Waals surface area contributed by atoms with E-state index in [0.717, 1.165) is 11.1 Å². The molecule has 0 bridgehead atoms. The summed E-state index contributed by atoms with van der Waals surface area (Å²) in [6.07, 6.45) is 1.28. The molecule has 1 fully saturated rings. The molecule has 0 aliphatic carbocycles. The highest BCUT2D eigenvalue weighted by atomic mass is 32.2. The van der Waals surface area contributed by atoms with Crippen LogP contribution in [-0.2, 0) is 15.8 Å². The maximum absolute atomic E-state index is 12.3. The number of benzene rings is 1. The number of piperidine rings is 1. The van der Waals surface area contributed by atoms with Crippen molar-refractivity contribution in [2.75, 3.05) is 13.1 Å². The van der Waals surface area contributed by atoms with Gasteiger partial charge in [0.15, 0.2) is 0 Å². The van der Waals surface area contributed by atoms with E-state index in [4.69, 9.17) is 5.26 Å². The smallest absolute Gasteiger partial charge is 0.212 e. The van der Waals surface area contributed by atoms with Gasteiger partial charge < -0.3 is 0 Å². The van der Waals surface area contributed by atoms with Crippen molar-refractivity contribution in [3.63, 3.8) is 0 Å². The van der Waals surface area contributed by atoms with Crippen molar-refractivity contribution < 1.29 is 8.42 Å². The first kappa shape index (κ1) is 14.0. The maximum Gasteiger partial charge on any atom is 0.218 e. The van der Waals surface area contributed by atoms with Crippen LogP contribution in [0.5, 0.6) is 0 Å². The predicted octanol–water partition coefficient (Wildman–Crippen LogP) is 2.06. The second-order valence-corrected chi connectivity index (χ2v) is 6.95. The Morgan fingerprint density at radius 1 is 1.32 bits per heavy atom. The molecule has 102 valence electrons. The summed E-state index contributed by atoms with van der Waals surface area (Å²) in [4.78, 5) is 0. The van der Waals surface area contributed by atoms with Crippen LogP contribution < -0.4 is 0 Å². The van der Waals surface area contributed by atoms with Crippen LogP contribution >= 0.6 is 0 Å². The minimum atomic E-state index is -3.27. The van der Waals surface area contributed by atoms with Crippen LogP contribution in [0, 0.1) is 24.2 Å². The summed E-state index contributed by atoms with van der Waals surface area (Å²) in [7, 11) is -3.27. The SMILES string of the molecule is Cc1ccccc1CS(=O)(=O)N1CCC(C#N)CC1. The van der Waals surface area contributed by atoms with Gasteiger partial charge in [0.05, 0.1) is 11.8 Å². The number of nitrogens with zero attached hydrogens (tertiary/aromatic N) is 2. The predicted molar refractivity (Wildman–Crippen MR) is 73.7 cm³/mol. The molecule has 2 rings (SSSR count). The molecule has 1 aliphatic heterocycles. The maximum atomic E-state index is 12.3. The zero-order chi connectivity index (χ0) is 13.9. The molecule has 0 atom stereocenters. The second kappa shape index (κ2) is 5.72. The van der Waals surface area contributed by atoms with E-state index in [-0.39, 0.29) is 11.7 Å². The van der Waals surface area contributed by atoms with E-state index in [2.05, 4.69) is 6.07 Å². The highest BCUT2D eigenvalue weighted by Gasteiger charge is 2.28. The van der Waals surface area contributed by atoms with Gasteiger partial charge in [0.25, 0.3) is 0 Å². The summed E-state index contributed by atoms with van der Waals surface area (Å²) in [6.45, 7) is 2.85. The van der Waals surface area contributed by atoms with E-state index in [1.165, 1.54) is 4.31 Å². The number of aryl methyl sites for hydroxylation is 1. The number of hydrogen-bond donors (Lipinski definition) is 0. The summed E-state index contributed by atoms with van der Waals surface area (Å²) >= 11 is 0. The first-order chi connectivity index (χ1) is 9.03. The Labute approximate surface area is 114 Å². The quantitative estimate of drug-likeness (QED) is 0.850. The Morgan fingerprint density at radius 3 is 2.53 bits per heavy atom. The molecule has 19 heavy (non-hydrogen) atoms. The normalized spacial score (nSPS) is 18.1. The molecule has 1 aromatic carbocycles. The van der Waals surface area contributed by atoms with Crippen molar-refractivity contribution in [3.05, 3.63) is 35.4 Å². The Kier molecular flexibility index (Phi) is 4.23. The molecule has 1 aliphatic rings. The Bertz CT molecular complexity index is 582. The lowest BCUT2D eigenvalue weighted by Crippen LogP contribution is -2.38. The average molecular weight is 278 g/mol. The van der Waals surface area contributed by atoms with E-state index < -0.39 is 10.0 Å². The minimum absolute atomic E-state index is 0.00455. The lowest BCUT2D eigenvalue weighted by atomic mass is 10.0. The summed E-state index contributed by atoms with van der Waals surface area (Å²) < 4.78 is 26.2. The molecule has 0 aromatic heterocycles. The molecular formula is C14H18N2O2S. The monoisotopic (exact) mass is 278 g/mol. The number of rotatable bonds is 3. The molecule has 0 radical (unpaired) electrons. The fourth-order valence-corrected chi connectivity index (χ4v) is 3.99. The lowest BCUT2D eigenvalue weighted by molar-refractivity contribution is 0.309. The molecule has 0 amide bonds. The van der Waals surface area contributed by atoms with E-state index in [9.17, 15) is 8.42 Å². The van der Waals surface area contributed by atoms with Crippen molar-refractivity contribution >= 4 is 10.0 Å². The summed E-state index contributed by atoms with van der Waals surface area (Å²) in [5.41, 5.74) is 1.85. The van der Waals surface area contributed by atoms with Crippen LogP contribution in [0.2, 0.25) is 0 Å². The van der Waals surface area contributed by atoms with Crippen LogP contribution in [0.3, 0.4) is 0 Å². The third kappa shape index (κ3) is 3.34. The van der Waals surface area contributed by atoms with Gasteiger partial charge in [-0.2, -0.15) is 5.26 Å². The van der Waals surface area contributed by atoms with Gasteiger partial charge in [-0.25, -0.2) is 12.7 Å². The summed E-state index contributed by atoms with van der Waals surface area (Å²) in [6, 6.07) is 9.76. The second-order valence-electron chi connectivity index (χ2n) is 4.99. The van der Waals surface area contributed by atoms with Crippen LogP contribution in [0.4, 0.5) is 0 Å². The van der Waals surface area contributed by atoms with Crippen molar-refractivity contribution in [1.29, 1.82) is 5.26 Å². The minimum Gasteiger partial charge on any atom is -0.212 e. The van der Waals surface area contributed by atoms with Crippen LogP contribution in [0.15, 0.2) is 24.3 Å². The molecule has 0 unspecified atom stereocenters. The average Bonchev–Trinajstić information content (AvgIpc) is 2.41. The van der Waals surface area contributed by atoms with E-state index in [0.29, 0.717) is 25.9 Å². The van der Waals surface area contributed by atoms with Crippen LogP contribution in [0.25, 0.3) is 0 Å². The zero-order valence-corrected chi connectivity index (χ0v) is 11.9. The van der Waals surface area contributed by atoms with Gasteiger partial charge in [0.1, 0.15) is 0 Å². The molecule has 1 heterocycles. The highest BCUT2D eigenvalue weighted by molar-refractivity contribution is 7.88. The van der Waals surface area contributed by atoms with Gasteiger partial charge in [-0.15, -0.1) is 0 Å². The van der Waals surface area contributed by atoms with Gasteiger partial charge in [0.2, 0.25) is 10.0 Å². The Hall–Kier alpha value is -1.38. The van der Waals surface area contributed by atoms with Gasteiger partial charge in [-0.3, -0.25) is 0 Å². The highest BCUT2D eigenvalue weighted by Crippen LogP contribution is 2.21. The Balaban J connectivity index is 2.08. The van der Waals surface area contributed by atoms with Crippen LogP contribution in [-0.4, -0.2) is 25.8 Å². The van der Waals surface area contributed by atoms with Crippen molar-refractivity contribution in [2.24, 2.45) is 5.92 Å². The molecular weight excluding hydrogens is 260 g/mol. The first-order valence-electron chi connectivity index (χ1n) is 6.45. The van der Waals surface area contributed by atoms with Crippen molar-refractivity contribution in [1.82, 2.24) is 4.31 Å². The third-order valence-corrected chi connectivity index (χ3v) is 5.46. The zero-order valence-electron chi connectivity index (χ0n) is 11.0. The van der Waals surface area contributed by atoms with Crippen molar-refractivity contribution in [3.8, 4) is 6.07 Å². The Morgan fingerprint density at radius 2 is 1.95 bits per heavy atom. The number of sulfonamides is 1. The topological polar surface area (TPSA) is 61.2 Å². The standard InChI is InChI=1S/C14H18N2O2S/c1-12-4-2-3-5-14(12)11-19(17,18)16-8-6-13(10-15)7-9-16/h2-5,13H,6-9,11H2,1H3. The first-order valence-corrected chi connectivity index (χ1v) is 8.06. The third-order valence-electron chi connectivity index (χ3n) is 3.63.